The predicted molar refractivity (Wildman–Crippen MR) is 75.7 cm³/mol. The molecular weight excluding hydrogens is 256 g/mol. The first-order chi connectivity index (χ1) is 9.51. The highest BCUT2D eigenvalue weighted by molar-refractivity contribution is 5.95. The molecule has 1 aliphatic heterocycles. The Morgan fingerprint density at radius 1 is 1.45 bits per heavy atom. The summed E-state index contributed by atoms with van der Waals surface area (Å²) >= 11 is 0. The minimum absolute atomic E-state index is 0.0935. The molecule has 108 valence electrons. The lowest BCUT2D eigenvalue weighted by Crippen LogP contribution is -2.38. The van der Waals surface area contributed by atoms with Crippen LogP contribution in [0.3, 0.4) is 0 Å². The second-order valence-corrected chi connectivity index (χ2v) is 5.25. The number of methoxy groups -OCH3 is 1. The Morgan fingerprint density at radius 2 is 2.20 bits per heavy atom. The van der Waals surface area contributed by atoms with Gasteiger partial charge in [-0.15, -0.1) is 0 Å². The van der Waals surface area contributed by atoms with Crippen molar-refractivity contribution >= 4 is 11.8 Å². The van der Waals surface area contributed by atoms with Crippen LogP contribution in [0, 0.1) is 0 Å². The lowest BCUT2D eigenvalue weighted by molar-refractivity contribution is -0.129. The molecule has 0 aromatic heterocycles. The van der Waals surface area contributed by atoms with E-state index >= 15 is 0 Å². The summed E-state index contributed by atoms with van der Waals surface area (Å²) in [6, 6.07) is 7.02. The second-order valence-electron chi connectivity index (χ2n) is 5.25. The third-order valence-electron chi connectivity index (χ3n) is 3.45. The lowest BCUT2D eigenvalue weighted by Gasteiger charge is -2.21. The van der Waals surface area contributed by atoms with E-state index < -0.39 is 0 Å². The Labute approximate surface area is 118 Å². The molecule has 20 heavy (non-hydrogen) atoms. The molecule has 1 heterocycles. The fourth-order valence-corrected chi connectivity index (χ4v) is 2.36. The van der Waals surface area contributed by atoms with Gasteiger partial charge >= 0.3 is 0 Å². The monoisotopic (exact) mass is 276 g/mol. The van der Waals surface area contributed by atoms with Crippen molar-refractivity contribution in [1.82, 2.24) is 10.2 Å². The van der Waals surface area contributed by atoms with Crippen LogP contribution in [-0.2, 0) is 4.79 Å². The molecule has 0 radical (unpaired) electrons. The van der Waals surface area contributed by atoms with Crippen LogP contribution in [0.2, 0.25) is 0 Å². The molecule has 1 fully saturated rings. The van der Waals surface area contributed by atoms with E-state index in [2.05, 4.69) is 5.32 Å². The average molecular weight is 276 g/mol. The summed E-state index contributed by atoms with van der Waals surface area (Å²) in [6.07, 6.45) is 0.369. The summed E-state index contributed by atoms with van der Waals surface area (Å²) in [4.78, 5) is 25.7. The van der Waals surface area contributed by atoms with Crippen LogP contribution in [0.5, 0.6) is 5.75 Å². The van der Waals surface area contributed by atoms with Gasteiger partial charge in [0.25, 0.3) is 5.91 Å². The molecule has 5 heteroatoms. The second kappa shape index (κ2) is 5.94. The first-order valence-corrected chi connectivity index (χ1v) is 6.75. The quantitative estimate of drug-likeness (QED) is 0.905. The van der Waals surface area contributed by atoms with Gasteiger partial charge in [-0.3, -0.25) is 9.59 Å². The van der Waals surface area contributed by atoms with E-state index in [1.807, 2.05) is 13.8 Å². The summed E-state index contributed by atoms with van der Waals surface area (Å²) in [5.74, 6) is 0.562. The molecule has 0 saturated carbocycles. The topological polar surface area (TPSA) is 58.6 Å². The van der Waals surface area contributed by atoms with Crippen molar-refractivity contribution in [3.63, 3.8) is 0 Å². The van der Waals surface area contributed by atoms with Crippen LogP contribution in [-0.4, -0.2) is 42.5 Å². The number of carbonyl (C=O) groups excluding carboxylic acids is 2. The van der Waals surface area contributed by atoms with Gasteiger partial charge in [-0.2, -0.15) is 0 Å². The van der Waals surface area contributed by atoms with Gasteiger partial charge in [-0.1, -0.05) is 6.07 Å². The van der Waals surface area contributed by atoms with Crippen molar-refractivity contribution < 1.29 is 14.3 Å². The standard InChI is InChI=1S/C15H20N2O3/c1-10(2)17-9-12(8-14(17)18)16-15(19)11-5-4-6-13(7-11)20-3/h4-7,10,12H,8-9H2,1-3H3,(H,16,19). The van der Waals surface area contributed by atoms with Crippen LogP contribution in [0.25, 0.3) is 0 Å². The molecular formula is C15H20N2O3. The number of hydrogen-bond acceptors (Lipinski definition) is 3. The van der Waals surface area contributed by atoms with Gasteiger partial charge in [0.1, 0.15) is 5.75 Å². The number of nitrogens with zero attached hydrogens (tertiary/aromatic N) is 1. The number of hydrogen-bond donors (Lipinski definition) is 1. The molecule has 0 bridgehead atoms. The molecule has 1 aromatic rings. The fraction of sp³-hybridized carbons (Fsp3) is 0.467. The average Bonchev–Trinajstić information content (AvgIpc) is 2.79. The van der Waals surface area contributed by atoms with Crippen LogP contribution < -0.4 is 10.1 Å². The lowest BCUT2D eigenvalue weighted by atomic mass is 10.1. The molecule has 5 nitrogen and oxygen atoms in total. The smallest absolute Gasteiger partial charge is 0.251 e. The highest BCUT2D eigenvalue weighted by atomic mass is 16.5. The Kier molecular flexibility index (Phi) is 4.27. The van der Waals surface area contributed by atoms with Gasteiger partial charge in [0.05, 0.1) is 13.2 Å². The van der Waals surface area contributed by atoms with Crippen LogP contribution in [0.1, 0.15) is 30.6 Å². The Morgan fingerprint density at radius 3 is 2.80 bits per heavy atom. The van der Waals surface area contributed by atoms with Crippen LogP contribution >= 0.6 is 0 Å². The van der Waals surface area contributed by atoms with Crippen molar-refractivity contribution in [2.45, 2.75) is 32.4 Å². The third-order valence-corrected chi connectivity index (χ3v) is 3.45. The molecule has 1 aromatic carbocycles. The number of amides is 2. The first-order valence-electron chi connectivity index (χ1n) is 6.75. The summed E-state index contributed by atoms with van der Waals surface area (Å²) in [5, 5.41) is 2.90. The van der Waals surface area contributed by atoms with E-state index in [-0.39, 0.29) is 23.9 Å². The van der Waals surface area contributed by atoms with Gasteiger partial charge in [0, 0.05) is 24.6 Å². The van der Waals surface area contributed by atoms with Crippen LogP contribution in [0.15, 0.2) is 24.3 Å². The minimum atomic E-state index is -0.174. The Hall–Kier alpha value is -2.04. The number of benzene rings is 1. The normalized spacial score (nSPS) is 18.5. The molecule has 1 atom stereocenters. The zero-order valence-corrected chi connectivity index (χ0v) is 12.1. The van der Waals surface area contributed by atoms with E-state index in [0.717, 1.165) is 0 Å². The molecule has 2 amide bonds. The van der Waals surface area contributed by atoms with Gasteiger partial charge < -0.3 is 15.0 Å². The van der Waals surface area contributed by atoms with Crippen molar-refractivity contribution in [3.05, 3.63) is 29.8 Å². The van der Waals surface area contributed by atoms with E-state index in [0.29, 0.717) is 24.3 Å². The number of ether oxygens (including phenoxy) is 1. The van der Waals surface area contributed by atoms with Gasteiger partial charge in [-0.05, 0) is 32.0 Å². The molecule has 1 saturated heterocycles. The maximum absolute atomic E-state index is 12.2. The maximum Gasteiger partial charge on any atom is 0.251 e. The SMILES string of the molecule is COc1cccc(C(=O)NC2CC(=O)N(C(C)C)C2)c1. The molecule has 1 unspecified atom stereocenters. The Balaban J connectivity index is 2.00. The highest BCUT2D eigenvalue weighted by Gasteiger charge is 2.32. The van der Waals surface area contributed by atoms with Gasteiger partial charge in [0.15, 0.2) is 0 Å². The first kappa shape index (κ1) is 14.4. The number of carbonyl (C=O) groups is 2. The van der Waals surface area contributed by atoms with Crippen molar-refractivity contribution in [1.29, 1.82) is 0 Å². The molecule has 0 aliphatic carbocycles. The molecule has 1 aliphatic rings. The Bertz CT molecular complexity index is 514. The van der Waals surface area contributed by atoms with Crippen LogP contribution in [0.4, 0.5) is 0 Å². The number of nitrogens with one attached hydrogen (secondary N) is 1. The molecule has 2 rings (SSSR count). The fourth-order valence-electron chi connectivity index (χ4n) is 2.36. The predicted octanol–water partition coefficient (Wildman–Crippen LogP) is 1.43. The molecule has 0 spiro atoms. The summed E-state index contributed by atoms with van der Waals surface area (Å²) in [5.41, 5.74) is 0.541. The van der Waals surface area contributed by atoms with Crippen molar-refractivity contribution in [3.8, 4) is 5.75 Å². The van der Waals surface area contributed by atoms with Crippen molar-refractivity contribution in [2.75, 3.05) is 13.7 Å². The highest BCUT2D eigenvalue weighted by Crippen LogP contribution is 2.16. The summed E-state index contributed by atoms with van der Waals surface area (Å²) < 4.78 is 5.10. The summed E-state index contributed by atoms with van der Waals surface area (Å²) in [6.45, 7) is 4.53. The minimum Gasteiger partial charge on any atom is -0.497 e. The zero-order valence-electron chi connectivity index (χ0n) is 12.1. The van der Waals surface area contributed by atoms with Gasteiger partial charge in [-0.25, -0.2) is 0 Å². The largest absolute Gasteiger partial charge is 0.497 e. The van der Waals surface area contributed by atoms with E-state index in [9.17, 15) is 9.59 Å². The van der Waals surface area contributed by atoms with E-state index in [1.54, 1.807) is 36.3 Å². The van der Waals surface area contributed by atoms with Crippen molar-refractivity contribution in [2.24, 2.45) is 0 Å². The summed E-state index contributed by atoms with van der Waals surface area (Å²) in [7, 11) is 1.56. The third kappa shape index (κ3) is 3.10. The number of likely N-dealkylation sites (tertiary alicyclic amines) is 1. The van der Waals surface area contributed by atoms with E-state index in [1.165, 1.54) is 0 Å². The number of rotatable bonds is 4. The zero-order chi connectivity index (χ0) is 14.7. The molecule has 1 N–H and O–H groups in total. The van der Waals surface area contributed by atoms with Gasteiger partial charge in [0.2, 0.25) is 5.91 Å². The van der Waals surface area contributed by atoms with E-state index in [4.69, 9.17) is 4.74 Å². The maximum atomic E-state index is 12.2.